The number of phosphoric ester groups is 1. The van der Waals surface area contributed by atoms with Crippen molar-refractivity contribution >= 4 is 19.5 Å². The number of anilines is 2. The lowest BCUT2D eigenvalue weighted by Gasteiger charge is -2.07. The van der Waals surface area contributed by atoms with Crippen LogP contribution >= 0.6 is 7.82 Å². The molecule has 176 valence electrons. The van der Waals surface area contributed by atoms with E-state index in [1.165, 1.54) is 22.9 Å². The van der Waals surface area contributed by atoms with Crippen LogP contribution in [0.1, 0.15) is 16.8 Å². The number of phosphoric acid groups is 1. The van der Waals surface area contributed by atoms with Crippen molar-refractivity contribution in [2.24, 2.45) is 0 Å². The fourth-order valence-electron chi connectivity index (χ4n) is 3.18. The second-order valence-corrected chi connectivity index (χ2v) is 8.66. The zero-order valence-corrected chi connectivity index (χ0v) is 18.7. The van der Waals surface area contributed by atoms with E-state index in [0.717, 1.165) is 11.1 Å². The Hall–Kier alpha value is -3.63. The Morgan fingerprint density at radius 2 is 1.91 bits per heavy atom. The molecule has 12 heteroatoms. The minimum Gasteiger partial charge on any atom is -0.366 e. The third-order valence-corrected chi connectivity index (χ3v) is 5.35. The van der Waals surface area contributed by atoms with Crippen LogP contribution in [-0.4, -0.2) is 19.9 Å². The molecule has 5 N–H and O–H groups in total. The zero-order valence-electron chi connectivity index (χ0n) is 17.8. The topological polar surface area (TPSA) is 148 Å². The standard InChI is InChI=1S/C22H21FN5O5P/c23-17-6-3-15(4-7-17)12-25-21-8-5-16(13-26-21)10-18-11-20(33-27-18)19-2-1-9-28(22(19)24)14-32-34(29,30)31/h1-9,11,13,24H,10,12,14H2,(H3,25,26,29,30,31)/p+1. The van der Waals surface area contributed by atoms with Crippen molar-refractivity contribution in [3.63, 3.8) is 0 Å². The molecule has 0 aliphatic carbocycles. The van der Waals surface area contributed by atoms with Crippen LogP contribution in [-0.2, 0) is 28.8 Å². The number of rotatable bonds is 9. The average Bonchev–Trinajstić information content (AvgIpc) is 3.26. The first kappa shape index (κ1) is 23.5. The van der Waals surface area contributed by atoms with Gasteiger partial charge in [-0.15, -0.1) is 0 Å². The maximum absolute atomic E-state index is 13.0. The summed E-state index contributed by atoms with van der Waals surface area (Å²) in [5.41, 5.74) is 9.13. The maximum atomic E-state index is 13.0. The van der Waals surface area contributed by atoms with E-state index in [1.54, 1.807) is 36.5 Å². The average molecular weight is 486 g/mol. The highest BCUT2D eigenvalue weighted by atomic mass is 31.2. The molecule has 4 rings (SSSR count). The summed E-state index contributed by atoms with van der Waals surface area (Å²) in [5.74, 6) is 1.03. The number of aromatic nitrogens is 3. The molecule has 4 aromatic rings. The van der Waals surface area contributed by atoms with Crippen molar-refractivity contribution in [2.75, 3.05) is 11.1 Å². The third kappa shape index (κ3) is 6.24. The van der Waals surface area contributed by atoms with Gasteiger partial charge in [-0.3, -0.25) is 5.73 Å². The summed E-state index contributed by atoms with van der Waals surface area (Å²) in [6, 6.07) is 15.1. The summed E-state index contributed by atoms with van der Waals surface area (Å²) in [6.45, 7) is 0.106. The van der Waals surface area contributed by atoms with Gasteiger partial charge in [0.25, 0.3) is 5.82 Å². The van der Waals surface area contributed by atoms with Crippen LogP contribution in [0.2, 0.25) is 0 Å². The van der Waals surface area contributed by atoms with Gasteiger partial charge in [0.2, 0.25) is 6.73 Å². The van der Waals surface area contributed by atoms with Gasteiger partial charge in [-0.1, -0.05) is 23.4 Å². The van der Waals surface area contributed by atoms with Crippen LogP contribution in [0.4, 0.5) is 16.0 Å². The van der Waals surface area contributed by atoms with E-state index in [9.17, 15) is 8.96 Å². The van der Waals surface area contributed by atoms with Crippen molar-refractivity contribution in [1.29, 1.82) is 0 Å². The monoisotopic (exact) mass is 486 g/mol. The van der Waals surface area contributed by atoms with Crippen LogP contribution in [0.25, 0.3) is 11.3 Å². The molecule has 0 atom stereocenters. The van der Waals surface area contributed by atoms with Crippen molar-refractivity contribution in [3.8, 4) is 11.3 Å². The lowest BCUT2D eigenvalue weighted by Crippen LogP contribution is -2.38. The van der Waals surface area contributed by atoms with Crippen LogP contribution in [0.15, 0.2) is 71.5 Å². The van der Waals surface area contributed by atoms with Crippen LogP contribution in [0.5, 0.6) is 0 Å². The van der Waals surface area contributed by atoms with E-state index in [2.05, 4.69) is 20.0 Å². The first-order valence-electron chi connectivity index (χ1n) is 10.1. The summed E-state index contributed by atoms with van der Waals surface area (Å²) in [7, 11) is -4.63. The van der Waals surface area contributed by atoms with Crippen molar-refractivity contribution < 1.29 is 32.4 Å². The van der Waals surface area contributed by atoms with Crippen molar-refractivity contribution in [1.82, 2.24) is 10.1 Å². The molecule has 0 radical (unpaired) electrons. The van der Waals surface area contributed by atoms with E-state index in [0.29, 0.717) is 35.8 Å². The molecule has 34 heavy (non-hydrogen) atoms. The van der Waals surface area contributed by atoms with Gasteiger partial charge in [0.05, 0.1) is 11.9 Å². The molecule has 3 aromatic heterocycles. The Bertz CT molecular complexity index is 1310. The molecular formula is C22H22FN5O5P+. The first-order chi connectivity index (χ1) is 16.3. The van der Waals surface area contributed by atoms with E-state index in [1.807, 2.05) is 12.1 Å². The largest absolute Gasteiger partial charge is 0.472 e. The predicted octanol–water partition coefficient (Wildman–Crippen LogP) is 3.02. The maximum Gasteiger partial charge on any atom is 0.472 e. The van der Waals surface area contributed by atoms with E-state index >= 15 is 0 Å². The molecular weight excluding hydrogens is 464 g/mol. The number of hydrogen-bond acceptors (Lipinski definition) is 7. The molecule has 3 heterocycles. The molecule has 0 aliphatic rings. The number of halogens is 1. The molecule has 0 spiro atoms. The number of benzene rings is 1. The normalized spacial score (nSPS) is 11.5. The fourth-order valence-corrected chi connectivity index (χ4v) is 3.46. The summed E-state index contributed by atoms with van der Waals surface area (Å²) < 4.78 is 35.2. The Morgan fingerprint density at radius 1 is 1.15 bits per heavy atom. The Balaban J connectivity index is 1.39. The molecule has 1 aromatic carbocycles. The van der Waals surface area contributed by atoms with Crippen molar-refractivity contribution in [2.45, 2.75) is 19.7 Å². The molecule has 0 fully saturated rings. The number of hydrogen-bond donors (Lipinski definition) is 4. The molecule has 10 nitrogen and oxygen atoms in total. The number of nitrogens with two attached hydrogens (primary N) is 1. The Labute approximate surface area is 194 Å². The smallest absolute Gasteiger partial charge is 0.366 e. The SMILES string of the molecule is Nc1c(-c2cc(Cc3ccc(NCc4ccc(F)cc4)nc3)no2)ccc[n+]1COP(=O)(O)O. The summed E-state index contributed by atoms with van der Waals surface area (Å²) >= 11 is 0. The minimum absolute atomic E-state index is 0.205. The number of nitrogens with one attached hydrogen (secondary N) is 1. The second kappa shape index (κ2) is 10.1. The Kier molecular flexibility index (Phi) is 6.99. The number of nitrogen functional groups attached to an aromatic ring is 1. The summed E-state index contributed by atoms with van der Waals surface area (Å²) in [4.78, 5) is 22.2. The molecule has 0 unspecified atom stereocenters. The molecule has 0 aliphatic heterocycles. The molecule has 0 saturated carbocycles. The lowest BCUT2D eigenvalue weighted by atomic mass is 10.1. The minimum atomic E-state index is -4.63. The van der Waals surface area contributed by atoms with E-state index < -0.39 is 14.6 Å². The van der Waals surface area contributed by atoms with Gasteiger partial charge in [-0.25, -0.2) is 23.0 Å². The molecule has 0 amide bonds. The van der Waals surface area contributed by atoms with Gasteiger partial charge in [0.15, 0.2) is 5.76 Å². The van der Waals surface area contributed by atoms with Crippen LogP contribution < -0.4 is 15.6 Å². The van der Waals surface area contributed by atoms with Gasteiger partial charge in [-0.2, -0.15) is 0 Å². The fraction of sp³-hybridized carbons (Fsp3) is 0.136. The number of nitrogens with zero attached hydrogens (tertiary/aromatic N) is 3. The van der Waals surface area contributed by atoms with E-state index in [-0.39, 0.29) is 11.6 Å². The predicted molar refractivity (Wildman–Crippen MR) is 120 cm³/mol. The highest BCUT2D eigenvalue weighted by Crippen LogP contribution is 2.35. The van der Waals surface area contributed by atoms with Gasteiger partial charge in [0, 0.05) is 25.2 Å². The summed E-state index contributed by atoms with van der Waals surface area (Å²) in [6.07, 6.45) is 3.73. The third-order valence-electron chi connectivity index (χ3n) is 4.90. The van der Waals surface area contributed by atoms with Crippen LogP contribution in [0, 0.1) is 5.82 Å². The quantitative estimate of drug-likeness (QED) is 0.207. The van der Waals surface area contributed by atoms with Gasteiger partial charge in [-0.05, 0) is 41.5 Å². The first-order valence-corrected chi connectivity index (χ1v) is 11.7. The Morgan fingerprint density at radius 3 is 2.62 bits per heavy atom. The second-order valence-electron chi connectivity index (χ2n) is 7.42. The molecule has 0 saturated heterocycles. The van der Waals surface area contributed by atoms with Crippen LogP contribution in [0.3, 0.4) is 0 Å². The molecule has 0 bridgehead atoms. The lowest BCUT2D eigenvalue weighted by molar-refractivity contribution is -0.711. The van der Waals surface area contributed by atoms with E-state index in [4.69, 9.17) is 20.0 Å². The summed E-state index contributed by atoms with van der Waals surface area (Å²) in [5, 5.41) is 7.26. The van der Waals surface area contributed by atoms with Gasteiger partial charge in [0.1, 0.15) is 17.2 Å². The van der Waals surface area contributed by atoms with Crippen molar-refractivity contribution in [3.05, 3.63) is 89.6 Å². The number of pyridine rings is 2. The van der Waals surface area contributed by atoms with Gasteiger partial charge >= 0.3 is 7.82 Å². The highest BCUT2D eigenvalue weighted by molar-refractivity contribution is 7.46. The highest BCUT2D eigenvalue weighted by Gasteiger charge is 2.20. The zero-order chi connectivity index (χ0) is 24.1. The van der Waals surface area contributed by atoms with Gasteiger partial charge < -0.3 is 19.6 Å².